The van der Waals surface area contributed by atoms with Gasteiger partial charge in [0, 0.05) is 24.4 Å². The summed E-state index contributed by atoms with van der Waals surface area (Å²) < 4.78 is 0. The quantitative estimate of drug-likeness (QED) is 0.740. The van der Waals surface area contributed by atoms with E-state index in [1.165, 1.54) is 11.1 Å². The SMILES string of the molecule is CC1=C(c2ccc(CC(=O)c3ccncc3C)cc2)C[C@@H](C(C)(O)CO)CC1. The first-order valence-electron chi connectivity index (χ1n) is 9.87. The van der Waals surface area contributed by atoms with Gasteiger partial charge in [0.25, 0.3) is 0 Å². The van der Waals surface area contributed by atoms with Crippen molar-refractivity contribution in [3.05, 3.63) is 70.6 Å². The number of hydrogen-bond acceptors (Lipinski definition) is 4. The normalized spacial score (nSPS) is 19.4. The van der Waals surface area contributed by atoms with Crippen LogP contribution in [0.5, 0.6) is 0 Å². The number of carbonyl (C=O) groups is 1. The molecular weight excluding hydrogens is 350 g/mol. The van der Waals surface area contributed by atoms with Crippen LogP contribution in [0.3, 0.4) is 0 Å². The minimum absolute atomic E-state index is 0.0483. The fourth-order valence-electron chi connectivity index (χ4n) is 3.98. The van der Waals surface area contributed by atoms with Crippen molar-refractivity contribution in [3.63, 3.8) is 0 Å². The highest BCUT2D eigenvalue weighted by atomic mass is 16.3. The van der Waals surface area contributed by atoms with Gasteiger partial charge in [0.2, 0.25) is 0 Å². The fraction of sp³-hybridized carbons (Fsp3) is 0.417. The summed E-state index contributed by atoms with van der Waals surface area (Å²) in [5.74, 6) is 0.145. The number of ketones is 1. The largest absolute Gasteiger partial charge is 0.393 e. The Kier molecular flexibility index (Phi) is 6.11. The lowest BCUT2D eigenvalue weighted by atomic mass is 9.74. The highest BCUT2D eigenvalue weighted by Gasteiger charge is 2.34. The fourth-order valence-corrected chi connectivity index (χ4v) is 3.98. The number of aliphatic hydroxyl groups is 2. The molecule has 0 saturated heterocycles. The van der Waals surface area contributed by atoms with Crippen LogP contribution in [-0.4, -0.2) is 33.2 Å². The molecular formula is C24H29NO3. The summed E-state index contributed by atoms with van der Waals surface area (Å²) in [7, 11) is 0. The van der Waals surface area contributed by atoms with Gasteiger partial charge >= 0.3 is 0 Å². The average molecular weight is 380 g/mol. The monoisotopic (exact) mass is 379 g/mol. The van der Waals surface area contributed by atoms with E-state index >= 15 is 0 Å². The van der Waals surface area contributed by atoms with Crippen LogP contribution >= 0.6 is 0 Å². The number of hydrogen-bond donors (Lipinski definition) is 2. The average Bonchev–Trinajstić information content (AvgIpc) is 2.69. The molecule has 1 heterocycles. The topological polar surface area (TPSA) is 70.4 Å². The molecule has 4 heteroatoms. The molecule has 2 atom stereocenters. The van der Waals surface area contributed by atoms with Gasteiger partial charge in [0.1, 0.15) is 0 Å². The zero-order valence-electron chi connectivity index (χ0n) is 16.9. The van der Waals surface area contributed by atoms with E-state index < -0.39 is 5.60 Å². The van der Waals surface area contributed by atoms with Gasteiger partial charge in [0.05, 0.1) is 12.2 Å². The summed E-state index contributed by atoms with van der Waals surface area (Å²) in [4.78, 5) is 16.6. The molecule has 0 amide bonds. The van der Waals surface area contributed by atoms with E-state index in [1.807, 2.05) is 19.1 Å². The highest BCUT2D eigenvalue weighted by Crippen LogP contribution is 2.40. The molecule has 0 radical (unpaired) electrons. The Labute approximate surface area is 167 Å². The van der Waals surface area contributed by atoms with E-state index in [0.717, 1.165) is 41.5 Å². The van der Waals surface area contributed by atoms with Crippen LogP contribution in [0.1, 0.15) is 60.2 Å². The number of carbonyl (C=O) groups excluding carboxylic acids is 1. The summed E-state index contributed by atoms with van der Waals surface area (Å²) in [5.41, 5.74) is 5.26. The molecule has 1 aromatic carbocycles. The third-order valence-electron chi connectivity index (χ3n) is 6.02. The van der Waals surface area contributed by atoms with Crippen LogP contribution in [0.25, 0.3) is 5.57 Å². The van der Waals surface area contributed by atoms with E-state index in [0.29, 0.717) is 6.42 Å². The van der Waals surface area contributed by atoms with Crippen LogP contribution in [0.15, 0.2) is 48.3 Å². The number of pyridine rings is 1. The molecule has 3 rings (SSSR count). The Balaban J connectivity index is 1.75. The van der Waals surface area contributed by atoms with Crippen molar-refractivity contribution in [2.24, 2.45) is 5.92 Å². The summed E-state index contributed by atoms with van der Waals surface area (Å²) in [6.45, 7) is 5.54. The van der Waals surface area contributed by atoms with Crippen molar-refractivity contribution in [2.45, 2.75) is 52.1 Å². The third-order valence-corrected chi connectivity index (χ3v) is 6.02. The molecule has 0 saturated carbocycles. The maximum Gasteiger partial charge on any atom is 0.167 e. The predicted molar refractivity (Wildman–Crippen MR) is 111 cm³/mol. The van der Waals surface area contributed by atoms with E-state index in [9.17, 15) is 15.0 Å². The second kappa shape index (κ2) is 8.38. The Hall–Kier alpha value is -2.30. The summed E-state index contributed by atoms with van der Waals surface area (Å²) >= 11 is 0. The van der Waals surface area contributed by atoms with Crippen LogP contribution in [0.4, 0.5) is 0 Å². The molecule has 2 aromatic rings. The molecule has 1 aliphatic carbocycles. The smallest absolute Gasteiger partial charge is 0.167 e. The van der Waals surface area contributed by atoms with E-state index in [2.05, 4.69) is 24.0 Å². The standard InChI is InChI=1S/C24H29NO3/c1-16-4-9-20(24(3,28)15-26)13-22(16)19-7-5-18(6-8-19)12-23(27)21-10-11-25-14-17(21)2/h5-8,10-11,14,20,26,28H,4,9,12-13,15H2,1-3H3/t20-,24?/m0/s1. The zero-order valence-corrected chi connectivity index (χ0v) is 16.9. The van der Waals surface area contributed by atoms with Crippen molar-refractivity contribution >= 4 is 11.4 Å². The van der Waals surface area contributed by atoms with Gasteiger partial charge in [-0.15, -0.1) is 0 Å². The second-order valence-electron chi connectivity index (χ2n) is 8.20. The number of aryl methyl sites for hydroxylation is 1. The number of benzene rings is 1. The molecule has 1 aliphatic rings. The van der Waals surface area contributed by atoms with Gasteiger partial charge in [-0.25, -0.2) is 0 Å². The highest BCUT2D eigenvalue weighted by molar-refractivity contribution is 5.98. The van der Waals surface area contributed by atoms with Crippen LogP contribution in [0.2, 0.25) is 0 Å². The first-order chi connectivity index (χ1) is 13.3. The minimum atomic E-state index is -1.05. The first kappa shape index (κ1) is 20.4. The second-order valence-corrected chi connectivity index (χ2v) is 8.20. The Bertz CT molecular complexity index is 881. The molecule has 148 valence electrons. The number of rotatable bonds is 6. The van der Waals surface area contributed by atoms with Gasteiger partial charge in [-0.3, -0.25) is 9.78 Å². The van der Waals surface area contributed by atoms with Crippen molar-refractivity contribution in [1.82, 2.24) is 4.98 Å². The number of nitrogens with zero attached hydrogens (tertiary/aromatic N) is 1. The molecule has 4 nitrogen and oxygen atoms in total. The van der Waals surface area contributed by atoms with Gasteiger partial charge < -0.3 is 10.2 Å². The molecule has 1 aromatic heterocycles. The predicted octanol–water partition coefficient (Wildman–Crippen LogP) is 4.13. The van der Waals surface area contributed by atoms with Gasteiger partial charge in [0.15, 0.2) is 5.78 Å². The van der Waals surface area contributed by atoms with E-state index in [-0.39, 0.29) is 18.3 Å². The molecule has 2 N–H and O–H groups in total. The number of aromatic nitrogens is 1. The molecule has 0 bridgehead atoms. The maximum atomic E-state index is 12.6. The Morgan fingerprint density at radius 2 is 1.93 bits per heavy atom. The minimum Gasteiger partial charge on any atom is -0.393 e. The van der Waals surface area contributed by atoms with Crippen LogP contribution in [0, 0.1) is 12.8 Å². The van der Waals surface area contributed by atoms with Crippen LogP contribution < -0.4 is 0 Å². The summed E-state index contributed by atoms with van der Waals surface area (Å²) in [6.07, 6.45) is 6.31. The van der Waals surface area contributed by atoms with Crippen LogP contribution in [-0.2, 0) is 6.42 Å². The molecule has 28 heavy (non-hydrogen) atoms. The molecule has 0 fully saturated rings. The summed E-state index contributed by atoms with van der Waals surface area (Å²) in [5, 5.41) is 20.0. The number of aliphatic hydroxyl groups excluding tert-OH is 1. The Morgan fingerprint density at radius 1 is 1.21 bits per heavy atom. The number of allylic oxidation sites excluding steroid dienone is 2. The van der Waals surface area contributed by atoms with Crippen molar-refractivity contribution < 1.29 is 15.0 Å². The molecule has 0 spiro atoms. The van der Waals surface area contributed by atoms with Gasteiger partial charge in [-0.1, -0.05) is 29.8 Å². The lowest BCUT2D eigenvalue weighted by Gasteiger charge is -2.36. The number of Topliss-reactive ketones (excluding diaryl/α,β-unsaturated/α-hetero) is 1. The maximum absolute atomic E-state index is 12.6. The zero-order chi connectivity index (χ0) is 20.3. The van der Waals surface area contributed by atoms with Gasteiger partial charge in [-0.2, -0.15) is 0 Å². The lowest BCUT2D eigenvalue weighted by Crippen LogP contribution is -2.39. The summed E-state index contributed by atoms with van der Waals surface area (Å²) in [6, 6.07) is 9.93. The van der Waals surface area contributed by atoms with Gasteiger partial charge in [-0.05, 0) is 74.3 Å². The molecule has 0 aliphatic heterocycles. The molecule has 1 unspecified atom stereocenters. The van der Waals surface area contributed by atoms with Crippen molar-refractivity contribution in [2.75, 3.05) is 6.61 Å². The van der Waals surface area contributed by atoms with E-state index in [1.54, 1.807) is 25.4 Å². The van der Waals surface area contributed by atoms with E-state index in [4.69, 9.17) is 0 Å². The Morgan fingerprint density at radius 3 is 2.57 bits per heavy atom. The lowest BCUT2D eigenvalue weighted by molar-refractivity contribution is -0.0487. The first-order valence-corrected chi connectivity index (χ1v) is 9.87. The van der Waals surface area contributed by atoms with Crippen molar-refractivity contribution in [1.29, 1.82) is 0 Å². The van der Waals surface area contributed by atoms with Crippen molar-refractivity contribution in [3.8, 4) is 0 Å². The third kappa shape index (κ3) is 4.40.